The summed E-state index contributed by atoms with van der Waals surface area (Å²) in [5, 5.41) is 4.80. The highest BCUT2D eigenvalue weighted by Crippen LogP contribution is 2.27. The third-order valence-electron chi connectivity index (χ3n) is 2.66. The summed E-state index contributed by atoms with van der Waals surface area (Å²) in [6.45, 7) is 14.4. The second kappa shape index (κ2) is 6.67. The highest BCUT2D eigenvalue weighted by atomic mass is 32.1. The fraction of sp³-hybridized carbons (Fsp3) is 0.800. The quantitative estimate of drug-likeness (QED) is 0.837. The lowest BCUT2D eigenvalue weighted by molar-refractivity contribution is 0.410. The van der Waals surface area contributed by atoms with Crippen LogP contribution in [-0.2, 0) is 19.4 Å². The largest absolute Gasteiger partial charge is 0.310 e. The van der Waals surface area contributed by atoms with Gasteiger partial charge < -0.3 is 5.32 Å². The molecule has 0 aliphatic carbocycles. The molecule has 1 aromatic heterocycles. The number of aryl methyl sites for hydroxylation is 1. The van der Waals surface area contributed by atoms with Gasteiger partial charge in [0.25, 0.3) is 0 Å². The van der Waals surface area contributed by atoms with Gasteiger partial charge in [-0.3, -0.25) is 0 Å². The van der Waals surface area contributed by atoms with Crippen LogP contribution in [0.15, 0.2) is 0 Å². The van der Waals surface area contributed by atoms with Gasteiger partial charge in [0.15, 0.2) is 0 Å². The molecule has 0 fully saturated rings. The van der Waals surface area contributed by atoms with Crippen molar-refractivity contribution >= 4 is 11.3 Å². The predicted molar refractivity (Wildman–Crippen MR) is 81.2 cm³/mol. The van der Waals surface area contributed by atoms with Crippen molar-refractivity contribution in [1.82, 2.24) is 10.3 Å². The van der Waals surface area contributed by atoms with E-state index < -0.39 is 0 Å². The molecule has 1 N–H and O–H groups in total. The first-order valence-electron chi connectivity index (χ1n) is 7.02. The number of thiazole rings is 1. The molecule has 18 heavy (non-hydrogen) atoms. The van der Waals surface area contributed by atoms with Gasteiger partial charge in [0.2, 0.25) is 0 Å². The molecule has 0 aliphatic heterocycles. The van der Waals surface area contributed by atoms with E-state index in [-0.39, 0.29) is 0 Å². The van der Waals surface area contributed by atoms with Gasteiger partial charge in [0.1, 0.15) is 0 Å². The highest BCUT2D eigenvalue weighted by molar-refractivity contribution is 7.11. The first kappa shape index (κ1) is 15.6. The molecule has 0 radical (unpaired) electrons. The first-order chi connectivity index (χ1) is 8.31. The van der Waals surface area contributed by atoms with Crippen molar-refractivity contribution in [2.24, 2.45) is 5.41 Å². The number of nitrogens with zero attached hydrogens (tertiary/aromatic N) is 1. The van der Waals surface area contributed by atoms with Gasteiger partial charge in [0, 0.05) is 23.9 Å². The molecule has 0 aromatic carbocycles. The number of aromatic nitrogens is 1. The molecule has 1 rings (SSSR count). The Kier molecular flexibility index (Phi) is 5.80. The van der Waals surface area contributed by atoms with Crippen molar-refractivity contribution in [3.8, 4) is 0 Å². The van der Waals surface area contributed by atoms with E-state index in [1.165, 1.54) is 22.0 Å². The van der Waals surface area contributed by atoms with Crippen molar-refractivity contribution in [2.75, 3.05) is 0 Å². The van der Waals surface area contributed by atoms with Crippen molar-refractivity contribution < 1.29 is 0 Å². The molecule has 1 aromatic rings. The van der Waals surface area contributed by atoms with Crippen LogP contribution in [0.25, 0.3) is 0 Å². The Morgan fingerprint density at radius 1 is 1.28 bits per heavy atom. The molecule has 0 saturated carbocycles. The normalized spacial score (nSPS) is 12.4. The molecular weight excluding hydrogens is 240 g/mol. The minimum atomic E-state index is 0.323. The number of nitrogens with one attached hydrogen (secondary N) is 1. The number of hydrogen-bond acceptors (Lipinski definition) is 3. The third kappa shape index (κ3) is 5.49. The Morgan fingerprint density at radius 3 is 2.44 bits per heavy atom. The molecule has 104 valence electrons. The zero-order valence-corrected chi connectivity index (χ0v) is 13.6. The van der Waals surface area contributed by atoms with E-state index in [2.05, 4.69) is 46.9 Å². The second-order valence-corrected chi connectivity index (χ2v) is 7.67. The average Bonchev–Trinajstić information content (AvgIpc) is 2.55. The minimum Gasteiger partial charge on any atom is -0.310 e. The van der Waals surface area contributed by atoms with Gasteiger partial charge >= 0.3 is 0 Å². The standard InChI is InChI=1S/C15H28N2S/c1-7-8-12-13(10-16-11(2)3)18-14(17-12)9-15(4,5)6/h11,16H,7-10H2,1-6H3. The first-order valence-corrected chi connectivity index (χ1v) is 7.84. The van der Waals surface area contributed by atoms with E-state index in [9.17, 15) is 0 Å². The van der Waals surface area contributed by atoms with Crippen molar-refractivity contribution in [3.63, 3.8) is 0 Å². The van der Waals surface area contributed by atoms with Crippen LogP contribution >= 0.6 is 11.3 Å². The van der Waals surface area contributed by atoms with Crippen LogP contribution in [0.4, 0.5) is 0 Å². The van der Waals surface area contributed by atoms with Gasteiger partial charge in [0.05, 0.1) is 10.7 Å². The Hall–Kier alpha value is -0.410. The van der Waals surface area contributed by atoms with Crippen LogP contribution in [0.2, 0.25) is 0 Å². The van der Waals surface area contributed by atoms with E-state index >= 15 is 0 Å². The van der Waals surface area contributed by atoms with Gasteiger partial charge in [-0.25, -0.2) is 4.98 Å². The van der Waals surface area contributed by atoms with Gasteiger partial charge in [-0.15, -0.1) is 11.3 Å². The minimum absolute atomic E-state index is 0.323. The summed E-state index contributed by atoms with van der Waals surface area (Å²) in [5.74, 6) is 0. The van der Waals surface area contributed by atoms with Crippen LogP contribution in [0.5, 0.6) is 0 Å². The summed E-state index contributed by atoms with van der Waals surface area (Å²) >= 11 is 1.89. The molecule has 0 unspecified atom stereocenters. The molecule has 1 heterocycles. The summed E-state index contributed by atoms with van der Waals surface area (Å²) < 4.78 is 0. The summed E-state index contributed by atoms with van der Waals surface area (Å²) in [6, 6.07) is 0.535. The van der Waals surface area contributed by atoms with E-state index in [0.717, 1.165) is 19.4 Å². The van der Waals surface area contributed by atoms with Crippen LogP contribution in [-0.4, -0.2) is 11.0 Å². The monoisotopic (exact) mass is 268 g/mol. The smallest absolute Gasteiger partial charge is 0.0936 e. The maximum absolute atomic E-state index is 4.84. The lowest BCUT2D eigenvalue weighted by Crippen LogP contribution is -2.21. The maximum Gasteiger partial charge on any atom is 0.0936 e. The molecule has 0 atom stereocenters. The van der Waals surface area contributed by atoms with E-state index in [4.69, 9.17) is 4.98 Å². The van der Waals surface area contributed by atoms with E-state index in [1.807, 2.05) is 11.3 Å². The summed E-state index contributed by atoms with van der Waals surface area (Å²) in [5.41, 5.74) is 1.64. The van der Waals surface area contributed by atoms with Crippen LogP contribution in [0.1, 0.15) is 63.5 Å². The Morgan fingerprint density at radius 2 is 1.94 bits per heavy atom. The predicted octanol–water partition coefficient (Wildman–Crippen LogP) is 4.18. The maximum atomic E-state index is 4.84. The fourth-order valence-electron chi connectivity index (χ4n) is 1.83. The number of hydrogen-bond donors (Lipinski definition) is 1. The molecule has 0 spiro atoms. The highest BCUT2D eigenvalue weighted by Gasteiger charge is 2.17. The van der Waals surface area contributed by atoms with Gasteiger partial charge in [-0.05, 0) is 11.8 Å². The van der Waals surface area contributed by atoms with Crippen molar-refractivity contribution in [2.45, 2.75) is 73.4 Å². The van der Waals surface area contributed by atoms with Crippen LogP contribution in [0.3, 0.4) is 0 Å². The molecule has 0 bridgehead atoms. The lowest BCUT2D eigenvalue weighted by atomic mass is 9.93. The molecule has 0 amide bonds. The van der Waals surface area contributed by atoms with Crippen molar-refractivity contribution in [3.05, 3.63) is 15.6 Å². The zero-order chi connectivity index (χ0) is 13.8. The fourth-order valence-corrected chi connectivity index (χ4v) is 3.20. The van der Waals surface area contributed by atoms with Crippen LogP contribution in [0, 0.1) is 5.41 Å². The van der Waals surface area contributed by atoms with Gasteiger partial charge in [-0.1, -0.05) is 48.0 Å². The number of rotatable bonds is 6. The van der Waals surface area contributed by atoms with Crippen LogP contribution < -0.4 is 5.32 Å². The Labute approximate surface area is 116 Å². The average molecular weight is 268 g/mol. The van der Waals surface area contributed by atoms with Crippen molar-refractivity contribution in [1.29, 1.82) is 0 Å². The van der Waals surface area contributed by atoms with E-state index in [0.29, 0.717) is 11.5 Å². The summed E-state index contributed by atoms with van der Waals surface area (Å²) in [7, 11) is 0. The molecule has 2 nitrogen and oxygen atoms in total. The summed E-state index contributed by atoms with van der Waals surface area (Å²) in [4.78, 5) is 6.28. The Balaban J connectivity index is 2.79. The second-order valence-electron chi connectivity index (χ2n) is 6.50. The third-order valence-corrected chi connectivity index (χ3v) is 3.76. The topological polar surface area (TPSA) is 24.9 Å². The molecule has 0 aliphatic rings. The Bertz CT molecular complexity index is 361. The zero-order valence-electron chi connectivity index (χ0n) is 12.8. The summed E-state index contributed by atoms with van der Waals surface area (Å²) in [6.07, 6.45) is 3.36. The lowest BCUT2D eigenvalue weighted by Gasteiger charge is -2.15. The molecule has 0 saturated heterocycles. The van der Waals surface area contributed by atoms with Gasteiger partial charge in [-0.2, -0.15) is 0 Å². The van der Waals surface area contributed by atoms with E-state index in [1.54, 1.807) is 0 Å². The molecular formula is C15H28N2S. The molecule has 3 heteroatoms. The SMILES string of the molecule is CCCc1nc(CC(C)(C)C)sc1CNC(C)C.